The summed E-state index contributed by atoms with van der Waals surface area (Å²) in [7, 11) is 0. The van der Waals surface area contributed by atoms with E-state index in [1.54, 1.807) is 0 Å². The van der Waals surface area contributed by atoms with Crippen LogP contribution in [-0.4, -0.2) is 12.5 Å². The van der Waals surface area contributed by atoms with Crippen molar-refractivity contribution in [3.8, 4) is 6.07 Å². The quantitative estimate of drug-likeness (QED) is 0.653. The van der Waals surface area contributed by atoms with Crippen molar-refractivity contribution < 1.29 is 0 Å². The summed E-state index contributed by atoms with van der Waals surface area (Å²) in [6.45, 7) is 0.507. The minimum atomic E-state index is -0.260. The predicted octanol–water partition coefficient (Wildman–Crippen LogP) is 2.60. The number of nitrogens with zero attached hydrogens (tertiary/aromatic N) is 2. The van der Waals surface area contributed by atoms with Crippen LogP contribution in [0.25, 0.3) is 0 Å². The lowest BCUT2D eigenvalue weighted by atomic mass is 9.70. The Morgan fingerprint density at radius 1 is 1.30 bits per heavy atom. The number of aliphatic imine (C=N–C) groups is 1. The molecule has 0 atom stereocenters. The Kier molecular flexibility index (Phi) is 3.35. The molecule has 1 fully saturated rings. The van der Waals surface area contributed by atoms with Gasteiger partial charge < -0.3 is 11.1 Å². The molecule has 2 aliphatic rings. The molecular formula is C16H20N4. The summed E-state index contributed by atoms with van der Waals surface area (Å²) in [6.07, 6.45) is 6.59. The molecule has 0 aliphatic heterocycles. The summed E-state index contributed by atoms with van der Waals surface area (Å²) in [5.41, 5.74) is 9.51. The zero-order valence-corrected chi connectivity index (χ0v) is 11.7. The number of benzene rings is 1. The number of rotatable bonds is 3. The van der Waals surface area contributed by atoms with Gasteiger partial charge in [-0.05, 0) is 55.4 Å². The van der Waals surface area contributed by atoms with Crippen LogP contribution in [-0.2, 0) is 12.8 Å². The van der Waals surface area contributed by atoms with Crippen molar-refractivity contribution in [2.45, 2.75) is 38.5 Å². The van der Waals surface area contributed by atoms with Crippen molar-refractivity contribution in [2.24, 2.45) is 16.1 Å². The topological polar surface area (TPSA) is 74.2 Å². The van der Waals surface area contributed by atoms with Gasteiger partial charge in [0.15, 0.2) is 5.96 Å². The van der Waals surface area contributed by atoms with Gasteiger partial charge in [0.1, 0.15) is 0 Å². The van der Waals surface area contributed by atoms with Crippen LogP contribution in [0.3, 0.4) is 0 Å². The number of anilines is 1. The Bertz CT molecular complexity index is 579. The molecule has 0 heterocycles. The molecule has 1 aromatic rings. The number of aryl methyl sites for hydroxylation is 2. The molecule has 1 aromatic carbocycles. The Morgan fingerprint density at radius 2 is 2.10 bits per heavy atom. The molecule has 4 nitrogen and oxygen atoms in total. The first-order chi connectivity index (χ1) is 9.71. The number of fused-ring (bicyclic) bond motifs is 1. The van der Waals surface area contributed by atoms with Crippen LogP contribution in [0.1, 0.15) is 36.8 Å². The Hall–Kier alpha value is -2.02. The summed E-state index contributed by atoms with van der Waals surface area (Å²) < 4.78 is 0. The maximum atomic E-state index is 9.16. The van der Waals surface area contributed by atoms with Gasteiger partial charge in [0, 0.05) is 5.69 Å². The van der Waals surface area contributed by atoms with Crippen molar-refractivity contribution in [2.75, 3.05) is 11.9 Å². The molecule has 0 unspecified atom stereocenters. The van der Waals surface area contributed by atoms with E-state index in [1.807, 2.05) is 0 Å². The van der Waals surface area contributed by atoms with Crippen LogP contribution in [0.4, 0.5) is 5.69 Å². The lowest BCUT2D eigenvalue weighted by molar-refractivity contribution is 0.226. The molecule has 0 spiro atoms. The lowest BCUT2D eigenvalue weighted by Crippen LogP contribution is -2.33. The first kappa shape index (κ1) is 13.0. The summed E-state index contributed by atoms with van der Waals surface area (Å²) >= 11 is 0. The van der Waals surface area contributed by atoms with Gasteiger partial charge in [-0.15, -0.1) is 0 Å². The van der Waals surface area contributed by atoms with Crippen LogP contribution in [0, 0.1) is 16.7 Å². The van der Waals surface area contributed by atoms with Crippen molar-refractivity contribution in [1.82, 2.24) is 0 Å². The largest absolute Gasteiger partial charge is 0.370 e. The third-order valence-corrected chi connectivity index (χ3v) is 4.47. The predicted molar refractivity (Wildman–Crippen MR) is 80.5 cm³/mol. The third-order valence-electron chi connectivity index (χ3n) is 4.47. The zero-order valence-electron chi connectivity index (χ0n) is 11.7. The summed E-state index contributed by atoms with van der Waals surface area (Å²) in [6, 6.07) is 8.76. The fourth-order valence-electron chi connectivity index (χ4n) is 2.98. The van der Waals surface area contributed by atoms with E-state index in [1.165, 1.54) is 24.0 Å². The number of hydrogen-bond acceptors (Lipinski definition) is 2. The Balaban J connectivity index is 1.64. The van der Waals surface area contributed by atoms with E-state index < -0.39 is 0 Å². The molecule has 0 saturated heterocycles. The second-order valence-corrected chi connectivity index (χ2v) is 5.91. The number of nitriles is 1. The van der Waals surface area contributed by atoms with Gasteiger partial charge in [0.05, 0.1) is 18.0 Å². The minimum absolute atomic E-state index is 0.260. The molecular weight excluding hydrogens is 248 g/mol. The standard InChI is InChI=1S/C16H20N4/c17-10-16(7-2-8-16)11-19-15(18)20-14-6-5-12-3-1-4-13(12)9-14/h5-6,9H,1-4,7-8,11H2,(H3,18,19,20). The zero-order chi connectivity index (χ0) is 14.0. The minimum Gasteiger partial charge on any atom is -0.370 e. The van der Waals surface area contributed by atoms with Gasteiger partial charge >= 0.3 is 0 Å². The lowest BCUT2D eigenvalue weighted by Gasteiger charge is -2.33. The molecule has 0 amide bonds. The van der Waals surface area contributed by atoms with Crippen molar-refractivity contribution >= 4 is 11.6 Å². The van der Waals surface area contributed by atoms with E-state index in [2.05, 4.69) is 34.6 Å². The molecule has 4 heteroatoms. The molecule has 0 radical (unpaired) electrons. The molecule has 0 bridgehead atoms. The van der Waals surface area contributed by atoms with Crippen LogP contribution in [0.15, 0.2) is 23.2 Å². The smallest absolute Gasteiger partial charge is 0.193 e. The van der Waals surface area contributed by atoms with Crippen molar-refractivity contribution in [3.05, 3.63) is 29.3 Å². The fourth-order valence-corrected chi connectivity index (χ4v) is 2.98. The first-order valence-corrected chi connectivity index (χ1v) is 7.31. The van der Waals surface area contributed by atoms with Crippen molar-refractivity contribution in [1.29, 1.82) is 5.26 Å². The Labute approximate surface area is 119 Å². The van der Waals surface area contributed by atoms with Crippen LogP contribution < -0.4 is 11.1 Å². The number of hydrogen-bond donors (Lipinski definition) is 2. The average Bonchev–Trinajstić information content (AvgIpc) is 2.85. The van der Waals surface area contributed by atoms with Gasteiger partial charge in [0.2, 0.25) is 0 Å². The van der Waals surface area contributed by atoms with Crippen LogP contribution in [0.5, 0.6) is 0 Å². The van der Waals surface area contributed by atoms with Crippen LogP contribution in [0.2, 0.25) is 0 Å². The number of nitrogens with two attached hydrogens (primary N) is 1. The van der Waals surface area contributed by atoms with E-state index in [9.17, 15) is 0 Å². The van der Waals surface area contributed by atoms with Gasteiger partial charge in [0.25, 0.3) is 0 Å². The molecule has 1 saturated carbocycles. The van der Waals surface area contributed by atoms with Crippen molar-refractivity contribution in [3.63, 3.8) is 0 Å². The maximum absolute atomic E-state index is 9.16. The third kappa shape index (κ3) is 2.49. The second-order valence-electron chi connectivity index (χ2n) is 5.91. The SMILES string of the molecule is N#CC1(CN=C(N)Nc2ccc3c(c2)CCC3)CCC1. The molecule has 104 valence electrons. The van der Waals surface area contributed by atoms with E-state index in [4.69, 9.17) is 11.0 Å². The number of guanidine groups is 1. The highest BCUT2D eigenvalue weighted by atomic mass is 15.1. The molecule has 3 rings (SSSR count). The molecule has 3 N–H and O–H groups in total. The average molecular weight is 268 g/mol. The monoisotopic (exact) mass is 268 g/mol. The normalized spacial score (nSPS) is 19.9. The van der Waals surface area contributed by atoms with E-state index in [-0.39, 0.29) is 5.41 Å². The highest BCUT2D eigenvalue weighted by molar-refractivity contribution is 5.92. The number of nitrogens with one attached hydrogen (secondary N) is 1. The maximum Gasteiger partial charge on any atom is 0.193 e. The molecule has 20 heavy (non-hydrogen) atoms. The molecule has 2 aliphatic carbocycles. The summed E-state index contributed by atoms with van der Waals surface area (Å²) in [4.78, 5) is 4.34. The summed E-state index contributed by atoms with van der Waals surface area (Å²) in [5, 5.41) is 12.3. The van der Waals surface area contributed by atoms with E-state index >= 15 is 0 Å². The Morgan fingerprint density at radius 3 is 2.80 bits per heavy atom. The van der Waals surface area contributed by atoms with Gasteiger partial charge in [-0.25, -0.2) is 0 Å². The van der Waals surface area contributed by atoms with E-state index in [0.29, 0.717) is 12.5 Å². The van der Waals surface area contributed by atoms with Crippen LogP contribution >= 0.6 is 0 Å². The fraction of sp³-hybridized carbons (Fsp3) is 0.500. The van der Waals surface area contributed by atoms with Gasteiger partial charge in [-0.2, -0.15) is 5.26 Å². The highest BCUT2D eigenvalue weighted by Gasteiger charge is 2.36. The second kappa shape index (κ2) is 5.16. The highest BCUT2D eigenvalue weighted by Crippen LogP contribution is 2.40. The summed E-state index contributed by atoms with van der Waals surface area (Å²) in [5.74, 6) is 0.407. The molecule has 0 aromatic heterocycles. The van der Waals surface area contributed by atoms with E-state index in [0.717, 1.165) is 31.4 Å². The first-order valence-electron chi connectivity index (χ1n) is 7.31. The van der Waals surface area contributed by atoms with Gasteiger partial charge in [-0.1, -0.05) is 12.5 Å². The van der Waals surface area contributed by atoms with Gasteiger partial charge in [-0.3, -0.25) is 4.99 Å².